The molecule has 2 aromatic carbocycles. The van der Waals surface area contributed by atoms with Crippen molar-refractivity contribution in [3.63, 3.8) is 0 Å². The van der Waals surface area contributed by atoms with Crippen LogP contribution in [0.2, 0.25) is 0 Å². The van der Waals surface area contributed by atoms with Crippen LogP contribution in [0.5, 0.6) is 11.5 Å². The number of anilines is 1. The SMILES string of the molecule is COc1ccc(-c2cc3nccn3c(N(C)CCC(O)c3ccccc3)n2)cc1OC. The molecule has 0 amide bonds. The van der Waals surface area contributed by atoms with E-state index in [4.69, 9.17) is 14.5 Å². The van der Waals surface area contributed by atoms with Crippen LogP contribution in [0.1, 0.15) is 18.1 Å². The number of hydrogen-bond donors (Lipinski definition) is 1. The standard InChI is InChI=1S/C24H26N4O3/c1-27(13-11-20(29)17-7-5-4-6-8-17)24-26-19(16-23-25-12-14-28(23)24)18-9-10-21(30-2)22(15-18)31-3/h4-10,12,14-16,20,29H,11,13H2,1-3H3. The van der Waals surface area contributed by atoms with Crippen LogP contribution in [0, 0.1) is 0 Å². The summed E-state index contributed by atoms with van der Waals surface area (Å²) in [6.07, 6.45) is 3.70. The fraction of sp³-hybridized carbons (Fsp3) is 0.250. The van der Waals surface area contributed by atoms with Crippen LogP contribution in [0.4, 0.5) is 5.95 Å². The van der Waals surface area contributed by atoms with Crippen LogP contribution >= 0.6 is 0 Å². The fourth-order valence-electron chi connectivity index (χ4n) is 3.58. The van der Waals surface area contributed by atoms with Crippen molar-refractivity contribution in [1.82, 2.24) is 14.4 Å². The van der Waals surface area contributed by atoms with Crippen molar-refractivity contribution in [3.05, 3.63) is 72.6 Å². The minimum Gasteiger partial charge on any atom is -0.493 e. The molecule has 1 N–H and O–H groups in total. The fourth-order valence-corrected chi connectivity index (χ4v) is 3.58. The molecule has 4 aromatic rings. The lowest BCUT2D eigenvalue weighted by molar-refractivity contribution is 0.169. The van der Waals surface area contributed by atoms with E-state index in [9.17, 15) is 5.11 Å². The summed E-state index contributed by atoms with van der Waals surface area (Å²) in [7, 11) is 5.20. The van der Waals surface area contributed by atoms with Crippen LogP contribution in [-0.2, 0) is 0 Å². The third-order valence-corrected chi connectivity index (χ3v) is 5.31. The average Bonchev–Trinajstić information content (AvgIpc) is 3.30. The van der Waals surface area contributed by atoms with E-state index in [0.29, 0.717) is 24.5 Å². The summed E-state index contributed by atoms with van der Waals surface area (Å²) in [4.78, 5) is 11.4. The Bertz CT molecular complexity index is 1160. The molecular weight excluding hydrogens is 392 g/mol. The first kappa shape index (κ1) is 20.7. The molecule has 0 bridgehead atoms. The maximum Gasteiger partial charge on any atom is 0.211 e. The van der Waals surface area contributed by atoms with Crippen LogP contribution in [0.3, 0.4) is 0 Å². The zero-order valence-corrected chi connectivity index (χ0v) is 17.9. The molecule has 0 aliphatic heterocycles. The van der Waals surface area contributed by atoms with E-state index in [1.165, 1.54) is 0 Å². The topological polar surface area (TPSA) is 72.1 Å². The third-order valence-electron chi connectivity index (χ3n) is 5.31. The van der Waals surface area contributed by atoms with Crippen molar-refractivity contribution in [2.75, 3.05) is 32.7 Å². The molecule has 0 saturated heterocycles. The number of imidazole rings is 1. The molecule has 7 nitrogen and oxygen atoms in total. The minimum absolute atomic E-state index is 0.532. The normalized spacial score (nSPS) is 12.0. The number of aliphatic hydroxyl groups excluding tert-OH is 1. The quantitative estimate of drug-likeness (QED) is 0.467. The van der Waals surface area contributed by atoms with Crippen molar-refractivity contribution >= 4 is 11.6 Å². The van der Waals surface area contributed by atoms with Gasteiger partial charge in [-0.15, -0.1) is 0 Å². The second-order valence-corrected chi connectivity index (χ2v) is 7.30. The number of benzene rings is 2. The maximum absolute atomic E-state index is 10.5. The molecule has 160 valence electrons. The average molecular weight is 418 g/mol. The van der Waals surface area contributed by atoms with E-state index >= 15 is 0 Å². The molecule has 0 radical (unpaired) electrons. The Morgan fingerprint density at radius 2 is 1.81 bits per heavy atom. The van der Waals surface area contributed by atoms with Gasteiger partial charge in [0.2, 0.25) is 5.95 Å². The van der Waals surface area contributed by atoms with Gasteiger partial charge in [-0.05, 0) is 30.2 Å². The monoisotopic (exact) mass is 418 g/mol. The predicted molar refractivity (Wildman–Crippen MR) is 121 cm³/mol. The van der Waals surface area contributed by atoms with E-state index in [1.54, 1.807) is 20.4 Å². The number of aromatic nitrogens is 3. The lowest BCUT2D eigenvalue weighted by atomic mass is 10.1. The van der Waals surface area contributed by atoms with E-state index in [2.05, 4.69) is 4.98 Å². The van der Waals surface area contributed by atoms with Crippen LogP contribution < -0.4 is 14.4 Å². The van der Waals surface area contributed by atoms with Gasteiger partial charge in [0.15, 0.2) is 11.5 Å². The van der Waals surface area contributed by atoms with Gasteiger partial charge in [-0.25, -0.2) is 9.97 Å². The largest absolute Gasteiger partial charge is 0.493 e. The third kappa shape index (κ3) is 4.32. The van der Waals surface area contributed by atoms with Gasteiger partial charge >= 0.3 is 0 Å². The highest BCUT2D eigenvalue weighted by atomic mass is 16.5. The zero-order valence-electron chi connectivity index (χ0n) is 17.9. The van der Waals surface area contributed by atoms with Gasteiger partial charge in [-0.1, -0.05) is 30.3 Å². The number of hydrogen-bond acceptors (Lipinski definition) is 6. The molecule has 2 heterocycles. The van der Waals surface area contributed by atoms with Crippen LogP contribution in [0.15, 0.2) is 67.0 Å². The highest BCUT2D eigenvalue weighted by Gasteiger charge is 2.15. The minimum atomic E-state index is -0.532. The van der Waals surface area contributed by atoms with Crippen molar-refractivity contribution in [2.24, 2.45) is 0 Å². The summed E-state index contributed by atoms with van der Waals surface area (Å²) in [6.45, 7) is 0.631. The molecule has 1 unspecified atom stereocenters. The van der Waals surface area contributed by atoms with E-state index < -0.39 is 6.10 Å². The molecule has 0 aliphatic carbocycles. The Hall–Kier alpha value is -3.58. The molecule has 0 spiro atoms. The molecule has 0 saturated carbocycles. The number of ether oxygens (including phenoxy) is 2. The molecule has 31 heavy (non-hydrogen) atoms. The summed E-state index contributed by atoms with van der Waals surface area (Å²) in [6, 6.07) is 17.4. The lowest BCUT2D eigenvalue weighted by Gasteiger charge is -2.22. The van der Waals surface area contributed by atoms with Gasteiger partial charge in [0, 0.05) is 37.6 Å². The van der Waals surface area contributed by atoms with Crippen molar-refractivity contribution < 1.29 is 14.6 Å². The molecule has 4 rings (SSSR count). The van der Waals surface area contributed by atoms with Gasteiger partial charge in [0.25, 0.3) is 0 Å². The molecule has 0 fully saturated rings. The van der Waals surface area contributed by atoms with Gasteiger partial charge in [0.05, 0.1) is 26.0 Å². The van der Waals surface area contributed by atoms with Gasteiger partial charge in [0.1, 0.15) is 5.65 Å². The van der Waals surface area contributed by atoms with Crippen LogP contribution in [-0.4, -0.2) is 47.3 Å². The predicted octanol–water partition coefficient (Wildman–Crippen LogP) is 3.97. The highest BCUT2D eigenvalue weighted by Crippen LogP contribution is 2.32. The summed E-state index contributed by atoms with van der Waals surface area (Å²) in [5, 5.41) is 10.5. The molecule has 7 heteroatoms. The highest BCUT2D eigenvalue weighted by molar-refractivity contribution is 5.69. The first-order valence-corrected chi connectivity index (χ1v) is 10.1. The van der Waals surface area contributed by atoms with E-state index in [-0.39, 0.29) is 0 Å². The number of nitrogens with zero attached hydrogens (tertiary/aromatic N) is 4. The summed E-state index contributed by atoms with van der Waals surface area (Å²) in [5.41, 5.74) is 3.40. The molecule has 1 atom stereocenters. The van der Waals surface area contributed by atoms with E-state index in [1.807, 2.05) is 77.1 Å². The molecule has 0 aliphatic rings. The summed E-state index contributed by atoms with van der Waals surface area (Å²) >= 11 is 0. The Morgan fingerprint density at radius 1 is 1.03 bits per heavy atom. The Morgan fingerprint density at radius 3 is 2.55 bits per heavy atom. The van der Waals surface area contributed by atoms with Gasteiger partial charge in [-0.3, -0.25) is 4.40 Å². The first-order chi connectivity index (χ1) is 15.1. The zero-order chi connectivity index (χ0) is 21.8. The van der Waals surface area contributed by atoms with E-state index in [0.717, 1.165) is 28.4 Å². The van der Waals surface area contributed by atoms with Crippen LogP contribution in [0.25, 0.3) is 16.9 Å². The Kier molecular flexibility index (Phi) is 6.04. The number of fused-ring (bicyclic) bond motifs is 1. The number of aliphatic hydroxyl groups is 1. The summed E-state index contributed by atoms with van der Waals surface area (Å²) < 4.78 is 12.7. The van der Waals surface area contributed by atoms with Gasteiger partial charge < -0.3 is 19.5 Å². The first-order valence-electron chi connectivity index (χ1n) is 10.1. The number of rotatable bonds is 8. The lowest BCUT2D eigenvalue weighted by Crippen LogP contribution is -2.24. The Labute approximate surface area is 181 Å². The summed E-state index contributed by atoms with van der Waals surface area (Å²) in [5.74, 6) is 2.06. The van der Waals surface area contributed by atoms with Gasteiger partial charge in [-0.2, -0.15) is 0 Å². The Balaban J connectivity index is 1.63. The van der Waals surface area contributed by atoms with Crippen molar-refractivity contribution in [2.45, 2.75) is 12.5 Å². The molecule has 2 aromatic heterocycles. The second kappa shape index (κ2) is 9.06. The maximum atomic E-state index is 10.5. The molecular formula is C24H26N4O3. The van der Waals surface area contributed by atoms with Crippen molar-refractivity contribution in [1.29, 1.82) is 0 Å². The smallest absolute Gasteiger partial charge is 0.211 e. The van der Waals surface area contributed by atoms with Crippen molar-refractivity contribution in [3.8, 4) is 22.8 Å². The number of methoxy groups -OCH3 is 2. The second-order valence-electron chi connectivity index (χ2n) is 7.30.